The number of carbonyl (C=O) groups is 1. The second-order valence-electron chi connectivity index (χ2n) is 9.76. The highest BCUT2D eigenvalue weighted by Crippen LogP contribution is 2.35. The lowest BCUT2D eigenvalue weighted by Gasteiger charge is -2.18. The van der Waals surface area contributed by atoms with Crippen LogP contribution < -0.4 is 15.2 Å². The molecule has 1 aliphatic rings. The summed E-state index contributed by atoms with van der Waals surface area (Å²) in [6.07, 6.45) is 2.35. The van der Waals surface area contributed by atoms with E-state index in [0.29, 0.717) is 47.5 Å². The Labute approximate surface area is 240 Å². The van der Waals surface area contributed by atoms with Crippen molar-refractivity contribution in [2.24, 2.45) is 15.7 Å². The quantitative estimate of drug-likeness (QED) is 0.155. The van der Waals surface area contributed by atoms with Gasteiger partial charge in [0, 0.05) is 43.0 Å². The maximum Gasteiger partial charge on any atom is 0.305 e. The first-order chi connectivity index (χ1) is 20.3. The third-order valence-corrected chi connectivity index (χ3v) is 7.02. The van der Waals surface area contributed by atoms with Gasteiger partial charge in [0.05, 0.1) is 24.8 Å². The molecule has 0 spiro atoms. The zero-order valence-electron chi connectivity index (χ0n) is 23.0. The number of aliphatic imine (C=N–C) groups is 2. The van der Waals surface area contributed by atoms with Gasteiger partial charge >= 0.3 is 5.97 Å². The second kappa shape index (κ2) is 12.4. The van der Waals surface area contributed by atoms with Crippen LogP contribution in [0.25, 0.3) is 10.9 Å². The molecule has 42 heavy (non-hydrogen) atoms. The molecule has 0 radical (unpaired) electrons. The highest BCUT2D eigenvalue weighted by Gasteiger charge is 2.22. The zero-order valence-corrected chi connectivity index (χ0v) is 23.0. The van der Waals surface area contributed by atoms with Crippen molar-refractivity contribution in [3.63, 3.8) is 0 Å². The van der Waals surface area contributed by atoms with Crippen LogP contribution >= 0.6 is 0 Å². The van der Waals surface area contributed by atoms with Gasteiger partial charge in [-0.2, -0.15) is 0 Å². The summed E-state index contributed by atoms with van der Waals surface area (Å²) in [5, 5.41) is 0.191. The number of methoxy groups -OCH3 is 1. The SMILES string of the molecule is COC(=O)CCc1cccc(C(C)C(N)=NC2=NCCCOc3ccc(Oc4c(F)cc5[nH]ccc5c4F)cc32)c1F. The lowest BCUT2D eigenvalue weighted by atomic mass is 9.95. The van der Waals surface area contributed by atoms with Crippen LogP contribution in [0.4, 0.5) is 13.2 Å². The summed E-state index contributed by atoms with van der Waals surface area (Å²) in [6, 6.07) is 12.2. The number of nitrogens with zero attached hydrogens (tertiary/aromatic N) is 2. The van der Waals surface area contributed by atoms with Crippen LogP contribution in [0, 0.1) is 17.5 Å². The Balaban J connectivity index is 1.46. The van der Waals surface area contributed by atoms with Crippen molar-refractivity contribution < 1.29 is 32.2 Å². The number of benzene rings is 3. The van der Waals surface area contributed by atoms with Gasteiger partial charge in [-0.1, -0.05) is 25.1 Å². The Kier molecular flexibility index (Phi) is 8.46. The third kappa shape index (κ3) is 5.95. The van der Waals surface area contributed by atoms with Gasteiger partial charge in [0.1, 0.15) is 23.2 Å². The average Bonchev–Trinajstić information content (AvgIpc) is 3.45. The van der Waals surface area contributed by atoms with Crippen LogP contribution in [0.3, 0.4) is 0 Å². The predicted octanol–water partition coefficient (Wildman–Crippen LogP) is 6.17. The molecule has 4 aromatic rings. The van der Waals surface area contributed by atoms with Crippen molar-refractivity contribution in [3.8, 4) is 17.2 Å². The van der Waals surface area contributed by atoms with Gasteiger partial charge < -0.3 is 24.9 Å². The van der Waals surface area contributed by atoms with Crippen LogP contribution in [0.1, 0.15) is 42.4 Å². The summed E-state index contributed by atoms with van der Waals surface area (Å²) in [4.78, 5) is 23.4. The molecule has 3 N–H and O–H groups in total. The summed E-state index contributed by atoms with van der Waals surface area (Å²) in [7, 11) is 1.28. The van der Waals surface area contributed by atoms with Gasteiger partial charge in [0.25, 0.3) is 0 Å². The number of ether oxygens (including phenoxy) is 3. The van der Waals surface area contributed by atoms with Crippen molar-refractivity contribution in [3.05, 3.63) is 88.9 Å². The first-order valence-electron chi connectivity index (χ1n) is 13.4. The number of hydrogen-bond donors (Lipinski definition) is 2. The first-order valence-corrected chi connectivity index (χ1v) is 13.4. The molecule has 0 fully saturated rings. The smallest absolute Gasteiger partial charge is 0.305 e. The van der Waals surface area contributed by atoms with Crippen molar-refractivity contribution >= 4 is 28.5 Å². The van der Waals surface area contributed by atoms with Crippen LogP contribution in [-0.2, 0) is 16.0 Å². The number of esters is 1. The second-order valence-corrected chi connectivity index (χ2v) is 9.76. The van der Waals surface area contributed by atoms with Crippen LogP contribution in [0.2, 0.25) is 0 Å². The maximum atomic E-state index is 15.4. The Morgan fingerprint density at radius 1 is 1.17 bits per heavy atom. The van der Waals surface area contributed by atoms with Gasteiger partial charge in [-0.3, -0.25) is 9.79 Å². The van der Waals surface area contributed by atoms with E-state index in [2.05, 4.69) is 19.7 Å². The number of H-pyrrole nitrogens is 1. The Hall–Kier alpha value is -4.80. The molecule has 8 nitrogen and oxygen atoms in total. The largest absolute Gasteiger partial charge is 0.493 e. The molecule has 3 aromatic carbocycles. The maximum absolute atomic E-state index is 15.4. The molecule has 0 amide bonds. The van der Waals surface area contributed by atoms with Crippen molar-refractivity contribution in [1.29, 1.82) is 0 Å². The number of aryl methyl sites for hydroxylation is 1. The minimum absolute atomic E-state index is 0.0413. The van der Waals surface area contributed by atoms with Crippen LogP contribution in [0.15, 0.2) is 64.7 Å². The first kappa shape index (κ1) is 28.7. The number of halogens is 3. The number of aromatic nitrogens is 1. The summed E-state index contributed by atoms with van der Waals surface area (Å²) < 4.78 is 61.4. The molecule has 2 heterocycles. The molecular weight excluding hydrogens is 549 g/mol. The highest BCUT2D eigenvalue weighted by molar-refractivity contribution is 6.09. The molecule has 0 aliphatic carbocycles. The third-order valence-electron chi connectivity index (χ3n) is 7.02. The molecule has 11 heteroatoms. The molecule has 0 saturated heterocycles. The number of carbonyl (C=O) groups excluding carboxylic acids is 1. The molecule has 1 unspecified atom stereocenters. The van der Waals surface area contributed by atoms with Crippen LogP contribution in [0.5, 0.6) is 17.2 Å². The Bertz CT molecular complexity index is 1700. The van der Waals surface area contributed by atoms with E-state index in [1.54, 1.807) is 31.2 Å². The van der Waals surface area contributed by atoms with E-state index in [0.717, 1.165) is 6.07 Å². The summed E-state index contributed by atoms with van der Waals surface area (Å²) in [6.45, 7) is 2.50. The van der Waals surface area contributed by atoms with Gasteiger partial charge in [0.2, 0.25) is 0 Å². The van der Waals surface area contributed by atoms with E-state index < -0.39 is 35.1 Å². The normalized spacial score (nSPS) is 14.3. The summed E-state index contributed by atoms with van der Waals surface area (Å²) in [5.41, 5.74) is 7.77. The predicted molar refractivity (Wildman–Crippen MR) is 153 cm³/mol. The van der Waals surface area contributed by atoms with E-state index in [9.17, 15) is 9.18 Å². The minimum Gasteiger partial charge on any atom is -0.493 e. The molecule has 0 bridgehead atoms. The number of fused-ring (bicyclic) bond motifs is 2. The topological polar surface area (TPSA) is 111 Å². The van der Waals surface area contributed by atoms with E-state index in [4.69, 9.17) is 15.2 Å². The highest BCUT2D eigenvalue weighted by atomic mass is 19.1. The van der Waals surface area contributed by atoms with Crippen molar-refractivity contribution in [1.82, 2.24) is 4.98 Å². The zero-order chi connectivity index (χ0) is 29.8. The van der Waals surface area contributed by atoms with Crippen molar-refractivity contribution in [2.45, 2.75) is 32.1 Å². The summed E-state index contributed by atoms with van der Waals surface area (Å²) in [5.74, 6) is -2.95. The summed E-state index contributed by atoms with van der Waals surface area (Å²) >= 11 is 0. The van der Waals surface area contributed by atoms with Crippen LogP contribution in [-0.4, -0.2) is 42.9 Å². The Morgan fingerprint density at radius 2 is 2.00 bits per heavy atom. The van der Waals surface area contributed by atoms with Gasteiger partial charge in [-0.25, -0.2) is 18.2 Å². The molecule has 1 aliphatic heterocycles. The number of nitrogens with one attached hydrogen (secondary N) is 1. The number of rotatable bonds is 7. The molecule has 5 rings (SSSR count). The fourth-order valence-electron chi connectivity index (χ4n) is 4.65. The Morgan fingerprint density at radius 3 is 2.81 bits per heavy atom. The average molecular weight is 579 g/mol. The number of aromatic amines is 1. The molecule has 0 saturated carbocycles. The van der Waals surface area contributed by atoms with Gasteiger partial charge in [0.15, 0.2) is 23.2 Å². The van der Waals surface area contributed by atoms with Crippen molar-refractivity contribution in [2.75, 3.05) is 20.3 Å². The lowest BCUT2D eigenvalue weighted by molar-refractivity contribution is -0.140. The lowest BCUT2D eigenvalue weighted by Crippen LogP contribution is -2.23. The molecule has 218 valence electrons. The monoisotopic (exact) mass is 578 g/mol. The molecule has 1 atom stereocenters. The fraction of sp³-hybridized carbons (Fsp3) is 0.258. The van der Waals surface area contributed by atoms with E-state index >= 15 is 8.78 Å². The number of hydrogen-bond acceptors (Lipinski definition) is 6. The van der Waals surface area contributed by atoms with Gasteiger partial charge in [-0.05, 0) is 41.8 Å². The standard InChI is InChI=1S/C31H29F3N4O4/c1-17(20-6-3-5-18(27(20)33)7-10-26(39)40-2)30(35)38-31-22-15-19(8-9-25(22)41-14-4-12-37-31)42-29-23(32)16-24-21(28(29)34)11-13-36-24/h3,5-6,8-9,11,13,15-17,36H,4,7,10,12,14H2,1-2H3,(H2,35,37,38). The van der Waals surface area contributed by atoms with E-state index in [1.165, 1.54) is 31.5 Å². The van der Waals surface area contributed by atoms with Gasteiger partial charge in [-0.15, -0.1) is 0 Å². The minimum atomic E-state index is -0.869. The fourth-order valence-corrected chi connectivity index (χ4v) is 4.65. The molecular formula is C31H29F3N4O4. The van der Waals surface area contributed by atoms with E-state index in [-0.39, 0.29) is 35.6 Å². The number of nitrogens with two attached hydrogens (primary N) is 1. The van der Waals surface area contributed by atoms with E-state index in [1.807, 2.05) is 0 Å². The number of amidine groups is 2. The molecule has 1 aromatic heterocycles.